The molecule has 0 atom stereocenters. The van der Waals surface area contributed by atoms with Crippen molar-refractivity contribution in [2.45, 2.75) is 64.3 Å². The van der Waals surface area contributed by atoms with Gasteiger partial charge < -0.3 is 19.3 Å². The zero-order chi connectivity index (χ0) is 22.9. The Labute approximate surface area is 202 Å². The van der Waals surface area contributed by atoms with E-state index in [2.05, 4.69) is 39.9 Å². The molecule has 0 bridgehead atoms. The molecular formula is C26H41BrN2O3. The lowest BCUT2D eigenvalue weighted by molar-refractivity contribution is -0.138. The SMILES string of the molecule is CCN(C(=O)COC)C1CCC(CCN2CCC(Cc3cc(OC)ccc3Br)CC2)CC1. The summed E-state index contributed by atoms with van der Waals surface area (Å²) in [5.74, 6) is 2.66. The smallest absolute Gasteiger partial charge is 0.248 e. The number of likely N-dealkylation sites (tertiary alicyclic amines) is 1. The molecule has 0 spiro atoms. The summed E-state index contributed by atoms with van der Waals surface area (Å²) in [6.07, 6.45) is 9.79. The van der Waals surface area contributed by atoms with Gasteiger partial charge in [-0.25, -0.2) is 0 Å². The van der Waals surface area contributed by atoms with Crippen molar-refractivity contribution in [3.05, 3.63) is 28.2 Å². The molecule has 0 unspecified atom stereocenters. The molecule has 1 aromatic rings. The van der Waals surface area contributed by atoms with Crippen LogP contribution in [0.1, 0.15) is 57.4 Å². The molecule has 1 saturated heterocycles. The lowest BCUT2D eigenvalue weighted by Crippen LogP contribution is -2.44. The lowest BCUT2D eigenvalue weighted by Gasteiger charge is -2.37. The first-order chi connectivity index (χ1) is 15.5. The number of carbonyl (C=O) groups is 1. The number of hydrogen-bond acceptors (Lipinski definition) is 4. The van der Waals surface area contributed by atoms with Crippen molar-refractivity contribution < 1.29 is 14.3 Å². The van der Waals surface area contributed by atoms with E-state index in [0.717, 1.165) is 43.4 Å². The maximum atomic E-state index is 12.3. The average molecular weight is 510 g/mol. The third-order valence-electron chi connectivity index (χ3n) is 7.51. The van der Waals surface area contributed by atoms with Gasteiger partial charge in [0.05, 0.1) is 7.11 Å². The maximum Gasteiger partial charge on any atom is 0.248 e. The summed E-state index contributed by atoms with van der Waals surface area (Å²) in [5, 5.41) is 0. The minimum Gasteiger partial charge on any atom is -0.497 e. The molecule has 0 N–H and O–H groups in total. The van der Waals surface area contributed by atoms with Gasteiger partial charge >= 0.3 is 0 Å². The second kappa shape index (κ2) is 13.0. The van der Waals surface area contributed by atoms with Crippen LogP contribution < -0.4 is 4.74 Å². The number of halogens is 1. The third kappa shape index (κ3) is 7.19. The van der Waals surface area contributed by atoms with Gasteiger partial charge in [0, 0.05) is 24.2 Å². The molecule has 1 amide bonds. The first-order valence-electron chi connectivity index (χ1n) is 12.4. The fourth-order valence-electron chi connectivity index (χ4n) is 5.51. The Morgan fingerprint density at radius 1 is 1.09 bits per heavy atom. The molecule has 1 aliphatic carbocycles. The van der Waals surface area contributed by atoms with E-state index >= 15 is 0 Å². The normalized spacial score (nSPS) is 22.6. The molecular weight excluding hydrogens is 468 g/mol. The summed E-state index contributed by atoms with van der Waals surface area (Å²) in [4.78, 5) is 17.0. The number of amides is 1. The Hall–Kier alpha value is -1.11. The molecule has 1 aliphatic heterocycles. The molecule has 1 saturated carbocycles. The van der Waals surface area contributed by atoms with Crippen LogP contribution in [0.25, 0.3) is 0 Å². The summed E-state index contributed by atoms with van der Waals surface area (Å²) in [6.45, 7) is 6.74. The van der Waals surface area contributed by atoms with Gasteiger partial charge in [-0.2, -0.15) is 0 Å². The highest BCUT2D eigenvalue weighted by atomic mass is 79.9. The highest BCUT2D eigenvalue weighted by Crippen LogP contribution is 2.32. The summed E-state index contributed by atoms with van der Waals surface area (Å²) < 4.78 is 11.7. The second-order valence-electron chi connectivity index (χ2n) is 9.52. The Morgan fingerprint density at radius 3 is 2.44 bits per heavy atom. The van der Waals surface area contributed by atoms with E-state index in [1.165, 1.54) is 61.8 Å². The van der Waals surface area contributed by atoms with E-state index in [9.17, 15) is 4.79 Å². The number of nitrogens with zero attached hydrogens (tertiary/aromatic N) is 2. The first-order valence-corrected chi connectivity index (χ1v) is 13.2. The monoisotopic (exact) mass is 508 g/mol. The molecule has 0 aromatic heterocycles. The van der Waals surface area contributed by atoms with Crippen molar-refractivity contribution in [1.29, 1.82) is 0 Å². The van der Waals surface area contributed by atoms with Gasteiger partial charge in [-0.05, 0) is 114 Å². The van der Waals surface area contributed by atoms with Crippen molar-refractivity contribution in [3.63, 3.8) is 0 Å². The molecule has 6 heteroatoms. The van der Waals surface area contributed by atoms with E-state index in [-0.39, 0.29) is 12.5 Å². The Bertz CT molecular complexity index is 713. The molecule has 32 heavy (non-hydrogen) atoms. The average Bonchev–Trinajstić information content (AvgIpc) is 2.81. The van der Waals surface area contributed by atoms with E-state index in [0.29, 0.717) is 6.04 Å². The van der Waals surface area contributed by atoms with Crippen LogP contribution in [0, 0.1) is 11.8 Å². The van der Waals surface area contributed by atoms with Crippen LogP contribution >= 0.6 is 15.9 Å². The molecule has 180 valence electrons. The summed E-state index contributed by atoms with van der Waals surface area (Å²) >= 11 is 3.71. The fourth-order valence-corrected chi connectivity index (χ4v) is 5.92. The van der Waals surface area contributed by atoms with E-state index < -0.39 is 0 Å². The van der Waals surface area contributed by atoms with Gasteiger partial charge in [0.1, 0.15) is 12.4 Å². The van der Waals surface area contributed by atoms with Crippen LogP contribution in [0.3, 0.4) is 0 Å². The van der Waals surface area contributed by atoms with Gasteiger partial charge in [0.15, 0.2) is 0 Å². The van der Waals surface area contributed by atoms with Crippen molar-refractivity contribution in [2.24, 2.45) is 11.8 Å². The highest BCUT2D eigenvalue weighted by molar-refractivity contribution is 9.10. The van der Waals surface area contributed by atoms with E-state index in [1.54, 1.807) is 14.2 Å². The molecule has 0 radical (unpaired) electrons. The zero-order valence-corrected chi connectivity index (χ0v) is 21.7. The molecule has 2 fully saturated rings. The molecule has 1 aromatic carbocycles. The minimum atomic E-state index is 0.141. The fraction of sp³-hybridized carbons (Fsp3) is 0.731. The third-order valence-corrected chi connectivity index (χ3v) is 8.28. The molecule has 2 aliphatic rings. The number of likely N-dealkylation sites (N-methyl/N-ethyl adjacent to an activating group) is 1. The van der Waals surface area contributed by atoms with Gasteiger partial charge in [-0.3, -0.25) is 4.79 Å². The van der Waals surface area contributed by atoms with Crippen molar-refractivity contribution >= 4 is 21.8 Å². The molecule has 3 rings (SSSR count). The molecule has 1 heterocycles. The zero-order valence-electron chi connectivity index (χ0n) is 20.2. The largest absolute Gasteiger partial charge is 0.497 e. The number of piperidine rings is 1. The maximum absolute atomic E-state index is 12.3. The Morgan fingerprint density at radius 2 is 1.81 bits per heavy atom. The summed E-state index contributed by atoms with van der Waals surface area (Å²) in [6, 6.07) is 6.70. The predicted octanol–water partition coefficient (Wildman–Crippen LogP) is 5.16. The highest BCUT2D eigenvalue weighted by Gasteiger charge is 2.28. The van der Waals surface area contributed by atoms with Crippen molar-refractivity contribution in [2.75, 3.05) is 47.0 Å². The van der Waals surface area contributed by atoms with Gasteiger partial charge in [0.2, 0.25) is 5.91 Å². The number of ether oxygens (including phenoxy) is 2. The van der Waals surface area contributed by atoms with Crippen LogP contribution in [-0.4, -0.2) is 68.8 Å². The summed E-state index contributed by atoms with van der Waals surface area (Å²) in [5.41, 5.74) is 1.37. The number of carbonyl (C=O) groups excluding carboxylic acids is 1. The number of benzene rings is 1. The van der Waals surface area contributed by atoms with Gasteiger partial charge in [0.25, 0.3) is 0 Å². The topological polar surface area (TPSA) is 42.0 Å². The summed E-state index contributed by atoms with van der Waals surface area (Å²) in [7, 11) is 3.34. The van der Waals surface area contributed by atoms with Crippen LogP contribution in [0.5, 0.6) is 5.75 Å². The second-order valence-corrected chi connectivity index (χ2v) is 10.4. The quantitative estimate of drug-likeness (QED) is 0.437. The van der Waals surface area contributed by atoms with Crippen molar-refractivity contribution in [1.82, 2.24) is 9.80 Å². The Balaban J connectivity index is 1.36. The minimum absolute atomic E-state index is 0.141. The van der Waals surface area contributed by atoms with Crippen molar-refractivity contribution in [3.8, 4) is 5.75 Å². The Kier molecular flexibility index (Phi) is 10.3. The first kappa shape index (κ1) is 25.5. The van der Waals surface area contributed by atoms with Crippen LogP contribution in [-0.2, 0) is 16.0 Å². The van der Waals surface area contributed by atoms with Crippen LogP contribution in [0.15, 0.2) is 22.7 Å². The van der Waals surface area contributed by atoms with Crippen LogP contribution in [0.4, 0.5) is 0 Å². The van der Waals surface area contributed by atoms with E-state index in [4.69, 9.17) is 9.47 Å². The number of methoxy groups -OCH3 is 2. The van der Waals surface area contributed by atoms with E-state index in [1.807, 2.05) is 11.0 Å². The van der Waals surface area contributed by atoms with Gasteiger partial charge in [-0.1, -0.05) is 15.9 Å². The van der Waals surface area contributed by atoms with Gasteiger partial charge in [-0.15, -0.1) is 0 Å². The molecule has 5 nitrogen and oxygen atoms in total. The number of hydrogen-bond donors (Lipinski definition) is 0. The standard InChI is InChI=1S/C26H41BrN2O3/c1-4-29(26(30)19-31-2)23-7-5-20(6-8-23)11-14-28-15-12-21(13-16-28)17-22-18-24(32-3)9-10-25(22)27/h9-10,18,20-21,23H,4-8,11-17,19H2,1-3H3. The lowest BCUT2D eigenvalue weighted by atomic mass is 9.83. The van der Waals surface area contributed by atoms with Crippen LogP contribution in [0.2, 0.25) is 0 Å². The number of rotatable bonds is 10. The predicted molar refractivity (Wildman–Crippen MR) is 133 cm³/mol.